The van der Waals surface area contributed by atoms with Crippen molar-refractivity contribution >= 4 is 28.5 Å². The Kier molecular flexibility index (Phi) is 2.45. The Balaban J connectivity index is 2.19. The van der Waals surface area contributed by atoms with Gasteiger partial charge in [0.15, 0.2) is 5.65 Å². The Morgan fingerprint density at radius 2 is 2.11 bits per heavy atom. The van der Waals surface area contributed by atoms with Crippen LogP contribution in [0.1, 0.15) is 5.56 Å². The second-order valence-corrected chi connectivity index (χ2v) is 4.56. The van der Waals surface area contributed by atoms with Crippen LogP contribution in [-0.2, 0) is 0 Å². The van der Waals surface area contributed by atoms with E-state index < -0.39 is 0 Å². The maximum atomic E-state index is 6.01. The van der Waals surface area contributed by atoms with E-state index in [1.165, 1.54) is 0 Å². The topological polar surface area (TPSA) is 67.6 Å². The molecule has 0 unspecified atom stereocenters. The van der Waals surface area contributed by atoms with Gasteiger partial charge in [0.1, 0.15) is 5.82 Å². The predicted octanol–water partition coefficient (Wildman–Crippen LogP) is 3.17. The minimum Gasteiger partial charge on any atom is -0.398 e. The van der Waals surface area contributed by atoms with Crippen molar-refractivity contribution in [1.82, 2.24) is 15.0 Å². The molecule has 0 bridgehead atoms. The van der Waals surface area contributed by atoms with Crippen molar-refractivity contribution in [3.8, 4) is 11.4 Å². The highest BCUT2D eigenvalue weighted by atomic mass is 35.5. The molecule has 0 fully saturated rings. The van der Waals surface area contributed by atoms with Crippen LogP contribution in [0.5, 0.6) is 0 Å². The Hall–Kier alpha value is -2.07. The van der Waals surface area contributed by atoms with Gasteiger partial charge in [-0.3, -0.25) is 0 Å². The molecule has 0 amide bonds. The SMILES string of the molecule is Cc1ccnc2nc(-c3ccc(N)c(Cl)c3)[nH]c12. The van der Waals surface area contributed by atoms with Crippen LogP contribution in [0, 0.1) is 6.92 Å². The van der Waals surface area contributed by atoms with Gasteiger partial charge in [-0.15, -0.1) is 0 Å². The number of aromatic amines is 1. The normalized spacial score (nSPS) is 11.0. The van der Waals surface area contributed by atoms with Gasteiger partial charge in [-0.2, -0.15) is 0 Å². The number of benzene rings is 1. The molecule has 0 aliphatic rings. The molecular weight excluding hydrogens is 248 g/mol. The van der Waals surface area contributed by atoms with Crippen molar-refractivity contribution < 1.29 is 0 Å². The third-order valence-electron chi connectivity index (χ3n) is 2.87. The molecule has 0 saturated carbocycles. The Morgan fingerprint density at radius 3 is 2.83 bits per heavy atom. The highest BCUT2D eigenvalue weighted by Gasteiger charge is 2.08. The number of H-pyrrole nitrogens is 1. The third-order valence-corrected chi connectivity index (χ3v) is 3.20. The van der Waals surface area contributed by atoms with E-state index in [0.717, 1.165) is 22.5 Å². The number of aromatic nitrogens is 3. The number of nitrogen functional groups attached to an aromatic ring is 1. The summed E-state index contributed by atoms with van der Waals surface area (Å²) in [6.45, 7) is 2.02. The zero-order chi connectivity index (χ0) is 12.7. The molecule has 18 heavy (non-hydrogen) atoms. The number of rotatable bonds is 1. The van der Waals surface area contributed by atoms with Gasteiger partial charge in [0.25, 0.3) is 0 Å². The number of nitrogens with zero attached hydrogens (tertiary/aromatic N) is 2. The molecular formula is C13H11ClN4. The Morgan fingerprint density at radius 1 is 1.28 bits per heavy atom. The summed E-state index contributed by atoms with van der Waals surface area (Å²) in [6, 6.07) is 7.39. The van der Waals surface area contributed by atoms with E-state index in [2.05, 4.69) is 15.0 Å². The summed E-state index contributed by atoms with van der Waals surface area (Å²) in [7, 11) is 0. The summed E-state index contributed by atoms with van der Waals surface area (Å²) < 4.78 is 0. The summed E-state index contributed by atoms with van der Waals surface area (Å²) in [5.41, 5.74) is 9.91. The summed E-state index contributed by atoms with van der Waals surface area (Å²) in [4.78, 5) is 11.9. The van der Waals surface area contributed by atoms with Crippen molar-refractivity contribution in [1.29, 1.82) is 0 Å². The highest BCUT2D eigenvalue weighted by Crippen LogP contribution is 2.26. The first-order valence-corrected chi connectivity index (χ1v) is 5.89. The van der Waals surface area contributed by atoms with Gasteiger partial charge in [-0.25, -0.2) is 9.97 Å². The highest BCUT2D eigenvalue weighted by molar-refractivity contribution is 6.33. The van der Waals surface area contributed by atoms with Crippen molar-refractivity contribution in [2.45, 2.75) is 6.92 Å². The molecule has 0 aliphatic heterocycles. The van der Waals surface area contributed by atoms with Crippen LogP contribution in [0.3, 0.4) is 0 Å². The van der Waals surface area contributed by atoms with Crippen LogP contribution in [0.25, 0.3) is 22.6 Å². The maximum absolute atomic E-state index is 6.01. The molecule has 0 radical (unpaired) electrons. The van der Waals surface area contributed by atoms with Gasteiger partial charge < -0.3 is 10.7 Å². The largest absolute Gasteiger partial charge is 0.398 e. The molecule has 0 spiro atoms. The minimum absolute atomic E-state index is 0.526. The van der Waals surface area contributed by atoms with Crippen molar-refractivity contribution in [2.75, 3.05) is 5.73 Å². The van der Waals surface area contributed by atoms with E-state index in [-0.39, 0.29) is 0 Å². The van der Waals surface area contributed by atoms with Crippen LogP contribution >= 0.6 is 11.6 Å². The second-order valence-electron chi connectivity index (χ2n) is 4.15. The molecule has 4 nitrogen and oxygen atoms in total. The van der Waals surface area contributed by atoms with E-state index in [4.69, 9.17) is 17.3 Å². The number of anilines is 1. The van der Waals surface area contributed by atoms with Gasteiger partial charge in [0.05, 0.1) is 16.2 Å². The third kappa shape index (κ3) is 1.71. The molecule has 2 heterocycles. The lowest BCUT2D eigenvalue weighted by Gasteiger charge is -2.00. The summed E-state index contributed by atoms with van der Waals surface area (Å²) in [5.74, 6) is 0.744. The maximum Gasteiger partial charge on any atom is 0.178 e. The Labute approximate surface area is 109 Å². The van der Waals surface area contributed by atoms with E-state index in [1.807, 2.05) is 19.1 Å². The Bertz CT molecular complexity index is 733. The van der Waals surface area contributed by atoms with E-state index >= 15 is 0 Å². The zero-order valence-electron chi connectivity index (χ0n) is 9.74. The predicted molar refractivity (Wildman–Crippen MR) is 73.5 cm³/mol. The lowest BCUT2D eigenvalue weighted by molar-refractivity contribution is 1.30. The van der Waals surface area contributed by atoms with Gasteiger partial charge >= 0.3 is 0 Å². The van der Waals surface area contributed by atoms with Crippen LogP contribution in [0.4, 0.5) is 5.69 Å². The molecule has 0 atom stereocenters. The number of hydrogen-bond donors (Lipinski definition) is 2. The number of halogens is 1. The monoisotopic (exact) mass is 258 g/mol. The number of hydrogen-bond acceptors (Lipinski definition) is 3. The minimum atomic E-state index is 0.526. The van der Waals surface area contributed by atoms with E-state index in [9.17, 15) is 0 Å². The van der Waals surface area contributed by atoms with Gasteiger partial charge in [-0.05, 0) is 36.8 Å². The lowest BCUT2D eigenvalue weighted by atomic mass is 10.2. The molecule has 3 rings (SSSR count). The first-order valence-electron chi connectivity index (χ1n) is 5.52. The number of fused-ring (bicyclic) bond motifs is 1. The van der Waals surface area contributed by atoms with Crippen LogP contribution < -0.4 is 5.73 Å². The van der Waals surface area contributed by atoms with Gasteiger partial charge in [-0.1, -0.05) is 11.6 Å². The molecule has 5 heteroatoms. The fourth-order valence-corrected chi connectivity index (χ4v) is 2.03. The summed E-state index contributed by atoms with van der Waals surface area (Å²) in [6.07, 6.45) is 1.75. The van der Waals surface area contributed by atoms with Gasteiger partial charge in [0, 0.05) is 11.8 Å². The van der Waals surface area contributed by atoms with Crippen LogP contribution in [-0.4, -0.2) is 15.0 Å². The number of pyridine rings is 1. The number of nitrogens with two attached hydrogens (primary N) is 1. The summed E-state index contributed by atoms with van der Waals surface area (Å²) in [5, 5.41) is 0.526. The molecule has 2 aromatic heterocycles. The zero-order valence-corrected chi connectivity index (χ0v) is 10.5. The molecule has 1 aromatic carbocycles. The molecule has 3 N–H and O–H groups in total. The summed E-state index contributed by atoms with van der Waals surface area (Å²) >= 11 is 6.01. The smallest absolute Gasteiger partial charge is 0.178 e. The average molecular weight is 259 g/mol. The van der Waals surface area contributed by atoms with Crippen molar-refractivity contribution in [2.24, 2.45) is 0 Å². The number of nitrogens with one attached hydrogen (secondary N) is 1. The first kappa shape index (κ1) is 11.0. The van der Waals surface area contributed by atoms with Crippen LogP contribution in [0.15, 0.2) is 30.5 Å². The first-order chi connectivity index (χ1) is 8.65. The van der Waals surface area contributed by atoms with E-state index in [0.29, 0.717) is 16.4 Å². The number of aryl methyl sites for hydroxylation is 1. The molecule has 3 aromatic rings. The van der Waals surface area contributed by atoms with Gasteiger partial charge in [0.2, 0.25) is 0 Å². The van der Waals surface area contributed by atoms with E-state index in [1.54, 1.807) is 18.3 Å². The van der Waals surface area contributed by atoms with Crippen molar-refractivity contribution in [3.63, 3.8) is 0 Å². The number of imidazole rings is 1. The fourth-order valence-electron chi connectivity index (χ4n) is 1.85. The van der Waals surface area contributed by atoms with Crippen LogP contribution in [0.2, 0.25) is 5.02 Å². The standard InChI is InChI=1S/C13H11ClN4/c1-7-4-5-16-13-11(7)17-12(18-13)8-2-3-10(15)9(14)6-8/h2-6H,15H2,1H3,(H,16,17,18). The fraction of sp³-hybridized carbons (Fsp3) is 0.0769. The molecule has 0 aliphatic carbocycles. The molecule has 90 valence electrons. The molecule has 0 saturated heterocycles. The second kappa shape index (κ2) is 3.99. The quantitative estimate of drug-likeness (QED) is 0.659. The average Bonchev–Trinajstić information content (AvgIpc) is 2.78. The lowest BCUT2D eigenvalue weighted by Crippen LogP contribution is -1.87. The van der Waals surface area contributed by atoms with Crippen molar-refractivity contribution in [3.05, 3.63) is 41.0 Å².